The van der Waals surface area contributed by atoms with Crippen molar-refractivity contribution in [1.29, 1.82) is 0 Å². The summed E-state index contributed by atoms with van der Waals surface area (Å²) in [5, 5.41) is 10.7. The molecule has 0 radical (unpaired) electrons. The Balaban J connectivity index is 2.65. The zero-order chi connectivity index (χ0) is 15.0. The Morgan fingerprint density at radius 1 is 1.45 bits per heavy atom. The van der Waals surface area contributed by atoms with Crippen LogP contribution in [0, 0.1) is 11.8 Å². The van der Waals surface area contributed by atoms with Crippen LogP contribution in [0.5, 0.6) is 0 Å². The van der Waals surface area contributed by atoms with Crippen molar-refractivity contribution in [3.8, 4) is 11.8 Å². The van der Waals surface area contributed by atoms with Gasteiger partial charge in [0.1, 0.15) is 6.61 Å². The Kier molecular flexibility index (Phi) is 7.31. The van der Waals surface area contributed by atoms with Crippen molar-refractivity contribution in [2.45, 2.75) is 19.9 Å². The van der Waals surface area contributed by atoms with Crippen molar-refractivity contribution < 1.29 is 9.90 Å². The number of carbonyl (C=O) groups is 1. The van der Waals surface area contributed by atoms with Gasteiger partial charge in [0.05, 0.1) is 6.54 Å². The van der Waals surface area contributed by atoms with Crippen molar-refractivity contribution in [2.75, 3.05) is 33.8 Å². The summed E-state index contributed by atoms with van der Waals surface area (Å²) >= 11 is 1.64. The van der Waals surface area contributed by atoms with E-state index in [0.717, 1.165) is 25.1 Å². The summed E-state index contributed by atoms with van der Waals surface area (Å²) in [5.41, 5.74) is 0.925. The first-order valence-electron chi connectivity index (χ1n) is 6.66. The lowest BCUT2D eigenvalue weighted by molar-refractivity contribution is -0.130. The second kappa shape index (κ2) is 8.75. The minimum atomic E-state index is -0.121. The second-order valence-electron chi connectivity index (χ2n) is 4.76. The number of hydrogen-bond donors (Lipinski definition) is 1. The average Bonchev–Trinajstić information content (AvgIpc) is 2.84. The third-order valence-electron chi connectivity index (χ3n) is 2.74. The molecule has 1 heterocycles. The molecule has 0 spiro atoms. The summed E-state index contributed by atoms with van der Waals surface area (Å²) in [5.74, 6) is 5.66. The first-order valence-corrected chi connectivity index (χ1v) is 7.54. The van der Waals surface area contributed by atoms with E-state index >= 15 is 0 Å². The van der Waals surface area contributed by atoms with Crippen LogP contribution in [0.2, 0.25) is 0 Å². The fourth-order valence-electron chi connectivity index (χ4n) is 1.75. The molecule has 0 atom stereocenters. The molecular formula is C15H22N2O2S. The van der Waals surface area contributed by atoms with Gasteiger partial charge >= 0.3 is 0 Å². The molecule has 1 N–H and O–H groups in total. The van der Waals surface area contributed by atoms with E-state index in [1.165, 1.54) is 4.88 Å². The van der Waals surface area contributed by atoms with Crippen LogP contribution < -0.4 is 0 Å². The molecule has 0 unspecified atom stereocenters. The molecular weight excluding hydrogens is 272 g/mol. The Morgan fingerprint density at radius 3 is 2.80 bits per heavy atom. The molecule has 1 aromatic rings. The van der Waals surface area contributed by atoms with Gasteiger partial charge in [0.2, 0.25) is 5.91 Å². The van der Waals surface area contributed by atoms with E-state index in [-0.39, 0.29) is 12.5 Å². The molecule has 1 aromatic heterocycles. The highest BCUT2D eigenvalue weighted by Crippen LogP contribution is 2.16. The molecule has 0 bridgehead atoms. The number of hydrogen-bond acceptors (Lipinski definition) is 4. The van der Waals surface area contributed by atoms with Gasteiger partial charge in [-0.1, -0.05) is 18.8 Å². The van der Waals surface area contributed by atoms with Gasteiger partial charge in [0.25, 0.3) is 0 Å². The second-order valence-corrected chi connectivity index (χ2v) is 5.76. The summed E-state index contributed by atoms with van der Waals surface area (Å²) in [6, 6.07) is 2.02. The predicted molar refractivity (Wildman–Crippen MR) is 82.5 cm³/mol. The van der Waals surface area contributed by atoms with E-state index in [1.807, 2.05) is 11.4 Å². The summed E-state index contributed by atoms with van der Waals surface area (Å²) in [6.07, 6.45) is 1.02. The van der Waals surface area contributed by atoms with Gasteiger partial charge in [-0.05, 0) is 19.0 Å². The molecule has 0 aliphatic rings. The van der Waals surface area contributed by atoms with Crippen LogP contribution in [-0.4, -0.2) is 54.6 Å². The highest BCUT2D eigenvalue weighted by molar-refractivity contribution is 7.10. The van der Waals surface area contributed by atoms with Crippen LogP contribution in [0.1, 0.15) is 23.8 Å². The van der Waals surface area contributed by atoms with Crippen molar-refractivity contribution in [3.05, 3.63) is 21.9 Å². The Bertz CT molecular complexity index is 486. The summed E-state index contributed by atoms with van der Waals surface area (Å²) in [6.45, 7) is 4.09. The van der Waals surface area contributed by atoms with E-state index < -0.39 is 0 Å². The third kappa shape index (κ3) is 5.74. The van der Waals surface area contributed by atoms with E-state index in [9.17, 15) is 4.79 Å². The molecule has 1 rings (SSSR count). The Hall–Kier alpha value is -1.35. The quantitative estimate of drug-likeness (QED) is 0.807. The number of carbonyl (C=O) groups excluding carboxylic acids is 1. The predicted octanol–water partition coefficient (Wildman–Crippen LogP) is 1.39. The van der Waals surface area contributed by atoms with E-state index in [0.29, 0.717) is 6.54 Å². The Morgan fingerprint density at radius 2 is 2.20 bits per heavy atom. The monoisotopic (exact) mass is 294 g/mol. The lowest BCUT2D eigenvalue weighted by Crippen LogP contribution is -2.36. The first-order chi connectivity index (χ1) is 9.56. The average molecular weight is 294 g/mol. The minimum absolute atomic E-state index is 0.121. The minimum Gasteiger partial charge on any atom is -0.384 e. The fourth-order valence-corrected chi connectivity index (χ4v) is 2.61. The van der Waals surface area contributed by atoms with Gasteiger partial charge in [-0.2, -0.15) is 0 Å². The molecule has 0 saturated heterocycles. The highest BCUT2D eigenvalue weighted by Gasteiger charge is 2.12. The summed E-state index contributed by atoms with van der Waals surface area (Å²) < 4.78 is 0. The maximum atomic E-state index is 11.8. The Labute approximate surface area is 125 Å². The van der Waals surface area contributed by atoms with Crippen molar-refractivity contribution in [1.82, 2.24) is 9.80 Å². The van der Waals surface area contributed by atoms with Crippen LogP contribution >= 0.6 is 11.3 Å². The smallest absolute Gasteiger partial charge is 0.236 e. The maximum absolute atomic E-state index is 11.8. The number of aliphatic hydroxyl groups is 1. The molecule has 0 aliphatic heterocycles. The van der Waals surface area contributed by atoms with Crippen molar-refractivity contribution >= 4 is 17.2 Å². The molecule has 0 saturated carbocycles. The van der Waals surface area contributed by atoms with E-state index in [1.54, 1.807) is 30.3 Å². The number of nitrogens with zero attached hydrogens (tertiary/aromatic N) is 2. The largest absolute Gasteiger partial charge is 0.384 e. The van der Waals surface area contributed by atoms with Crippen LogP contribution in [0.4, 0.5) is 0 Å². The van der Waals surface area contributed by atoms with Crippen molar-refractivity contribution in [3.63, 3.8) is 0 Å². The molecule has 4 nitrogen and oxygen atoms in total. The van der Waals surface area contributed by atoms with Gasteiger partial charge in [0.15, 0.2) is 0 Å². The zero-order valence-electron chi connectivity index (χ0n) is 12.3. The summed E-state index contributed by atoms with van der Waals surface area (Å²) in [4.78, 5) is 16.8. The standard InChI is InChI=1S/C15H22N2O2S/c1-4-7-17(11-15(19)16(2)3)10-14-9-13(12-20-14)6-5-8-18/h9,12,18H,4,7-8,10-11H2,1-3H3. The van der Waals surface area contributed by atoms with Crippen LogP contribution in [0.3, 0.4) is 0 Å². The molecule has 5 heteroatoms. The first kappa shape index (κ1) is 16.7. The van der Waals surface area contributed by atoms with E-state index in [2.05, 4.69) is 23.7 Å². The number of amides is 1. The van der Waals surface area contributed by atoms with Crippen LogP contribution in [0.25, 0.3) is 0 Å². The van der Waals surface area contributed by atoms with Gasteiger partial charge in [-0.25, -0.2) is 0 Å². The summed E-state index contributed by atoms with van der Waals surface area (Å²) in [7, 11) is 3.56. The van der Waals surface area contributed by atoms with E-state index in [4.69, 9.17) is 5.11 Å². The van der Waals surface area contributed by atoms with Gasteiger partial charge in [-0.15, -0.1) is 11.3 Å². The SMILES string of the molecule is CCCN(CC(=O)N(C)C)Cc1cc(C#CCO)cs1. The third-order valence-corrected chi connectivity index (χ3v) is 3.66. The molecule has 20 heavy (non-hydrogen) atoms. The molecule has 0 aliphatic carbocycles. The topological polar surface area (TPSA) is 43.8 Å². The van der Waals surface area contributed by atoms with Gasteiger partial charge < -0.3 is 10.0 Å². The number of thiophene rings is 1. The van der Waals surface area contributed by atoms with Gasteiger partial charge in [-0.3, -0.25) is 9.69 Å². The lowest BCUT2D eigenvalue weighted by atomic mass is 10.3. The molecule has 0 aromatic carbocycles. The fraction of sp³-hybridized carbons (Fsp3) is 0.533. The molecule has 110 valence electrons. The normalized spacial score (nSPS) is 10.2. The lowest BCUT2D eigenvalue weighted by Gasteiger charge is -2.22. The maximum Gasteiger partial charge on any atom is 0.236 e. The number of aliphatic hydroxyl groups excluding tert-OH is 1. The number of rotatable bonds is 6. The van der Waals surface area contributed by atoms with Gasteiger partial charge in [0, 0.05) is 36.5 Å². The zero-order valence-corrected chi connectivity index (χ0v) is 13.2. The van der Waals surface area contributed by atoms with Crippen LogP contribution in [-0.2, 0) is 11.3 Å². The highest BCUT2D eigenvalue weighted by atomic mass is 32.1. The van der Waals surface area contributed by atoms with Crippen LogP contribution in [0.15, 0.2) is 11.4 Å². The number of likely N-dealkylation sites (N-methyl/N-ethyl adjacent to an activating group) is 1. The molecule has 0 fully saturated rings. The molecule has 1 amide bonds. The van der Waals surface area contributed by atoms with Crippen molar-refractivity contribution in [2.24, 2.45) is 0 Å².